The van der Waals surface area contributed by atoms with Gasteiger partial charge in [-0.3, -0.25) is 4.79 Å². The fraction of sp³-hybridized carbons (Fsp3) is 0.643. The number of hydrogen-bond donors (Lipinski definition) is 0. The van der Waals surface area contributed by atoms with Crippen molar-refractivity contribution in [2.45, 2.75) is 31.5 Å². The lowest BCUT2D eigenvalue weighted by atomic mass is 9.96. The predicted molar refractivity (Wildman–Crippen MR) is 85.8 cm³/mol. The molecule has 0 aromatic carbocycles. The molecule has 8 nitrogen and oxygen atoms in total. The Bertz CT molecular complexity index is 660. The molecule has 3 rings (SSSR count). The van der Waals surface area contributed by atoms with Gasteiger partial charge in [-0.25, -0.2) is 9.67 Å². The SMILES string of the molecule is Cc1nccn1CC1CCN(C(=O)CSc2nnnn2C)CC1. The molecule has 1 amide bonds. The fourth-order valence-electron chi connectivity index (χ4n) is 2.80. The summed E-state index contributed by atoms with van der Waals surface area (Å²) in [6.07, 6.45) is 5.95. The van der Waals surface area contributed by atoms with Crippen molar-refractivity contribution in [2.75, 3.05) is 18.8 Å². The van der Waals surface area contributed by atoms with Gasteiger partial charge in [-0.1, -0.05) is 11.8 Å². The Hall–Kier alpha value is -1.90. The first-order valence-corrected chi connectivity index (χ1v) is 8.72. The molecule has 2 aromatic rings. The van der Waals surface area contributed by atoms with E-state index in [2.05, 4.69) is 25.1 Å². The Morgan fingerprint density at radius 1 is 1.39 bits per heavy atom. The average Bonchev–Trinajstić information content (AvgIpc) is 3.14. The van der Waals surface area contributed by atoms with Gasteiger partial charge in [-0.2, -0.15) is 0 Å². The standard InChI is InChI=1S/C14H21N7OS/c1-11-15-5-8-21(11)9-12-3-6-20(7-4-12)13(22)10-23-14-16-17-18-19(14)2/h5,8,12H,3-4,6-7,9-10H2,1-2H3. The quantitative estimate of drug-likeness (QED) is 0.750. The molecule has 0 bridgehead atoms. The smallest absolute Gasteiger partial charge is 0.233 e. The summed E-state index contributed by atoms with van der Waals surface area (Å²) in [5.74, 6) is 2.22. The number of carbonyl (C=O) groups is 1. The highest BCUT2D eigenvalue weighted by Gasteiger charge is 2.23. The van der Waals surface area contributed by atoms with Crippen molar-refractivity contribution in [3.05, 3.63) is 18.2 Å². The zero-order valence-corrected chi connectivity index (χ0v) is 14.2. The Morgan fingerprint density at radius 3 is 2.78 bits per heavy atom. The third-order valence-electron chi connectivity index (χ3n) is 4.25. The molecule has 0 N–H and O–H groups in total. The Balaban J connectivity index is 1.44. The van der Waals surface area contributed by atoms with Crippen molar-refractivity contribution in [2.24, 2.45) is 13.0 Å². The molecule has 2 aromatic heterocycles. The molecule has 0 aliphatic carbocycles. The molecule has 0 unspecified atom stereocenters. The normalized spacial score (nSPS) is 16.0. The number of carbonyl (C=O) groups excluding carboxylic acids is 1. The summed E-state index contributed by atoms with van der Waals surface area (Å²) < 4.78 is 3.77. The minimum atomic E-state index is 0.162. The molecule has 23 heavy (non-hydrogen) atoms. The van der Waals surface area contributed by atoms with Gasteiger partial charge in [0.05, 0.1) is 5.75 Å². The summed E-state index contributed by atoms with van der Waals surface area (Å²) in [4.78, 5) is 18.5. The van der Waals surface area contributed by atoms with Crippen molar-refractivity contribution in [3.63, 3.8) is 0 Å². The zero-order valence-electron chi connectivity index (χ0n) is 13.4. The van der Waals surface area contributed by atoms with E-state index in [0.29, 0.717) is 16.8 Å². The van der Waals surface area contributed by atoms with Gasteiger partial charge in [-0.05, 0) is 36.1 Å². The van der Waals surface area contributed by atoms with E-state index < -0.39 is 0 Å². The van der Waals surface area contributed by atoms with Crippen LogP contribution in [0.1, 0.15) is 18.7 Å². The summed E-state index contributed by atoms with van der Waals surface area (Å²) in [5.41, 5.74) is 0. The third kappa shape index (κ3) is 3.90. The van der Waals surface area contributed by atoms with E-state index in [9.17, 15) is 4.79 Å². The largest absolute Gasteiger partial charge is 0.342 e. The number of piperidine rings is 1. The molecule has 3 heterocycles. The monoisotopic (exact) mass is 335 g/mol. The summed E-state index contributed by atoms with van der Waals surface area (Å²) in [6.45, 7) is 4.67. The molecule has 0 atom stereocenters. The lowest BCUT2D eigenvalue weighted by Gasteiger charge is -2.32. The molecule has 1 aliphatic heterocycles. The van der Waals surface area contributed by atoms with Crippen LogP contribution in [-0.2, 0) is 18.4 Å². The minimum absolute atomic E-state index is 0.162. The molecule has 1 aliphatic rings. The van der Waals surface area contributed by atoms with E-state index in [1.807, 2.05) is 24.2 Å². The van der Waals surface area contributed by atoms with Crippen LogP contribution in [0.4, 0.5) is 0 Å². The van der Waals surface area contributed by atoms with Crippen LogP contribution in [0, 0.1) is 12.8 Å². The maximum absolute atomic E-state index is 12.3. The molecule has 0 saturated carbocycles. The second kappa shape index (κ2) is 7.12. The molecular weight excluding hydrogens is 314 g/mol. The first-order chi connectivity index (χ1) is 11.1. The van der Waals surface area contributed by atoms with Crippen molar-refractivity contribution in [1.82, 2.24) is 34.7 Å². The summed E-state index contributed by atoms with van der Waals surface area (Å²) in [6, 6.07) is 0. The number of tetrazole rings is 1. The fourth-order valence-corrected chi connectivity index (χ4v) is 3.55. The number of nitrogens with zero attached hydrogens (tertiary/aromatic N) is 7. The van der Waals surface area contributed by atoms with Crippen LogP contribution < -0.4 is 0 Å². The Labute approximate surface area is 139 Å². The van der Waals surface area contributed by atoms with E-state index in [-0.39, 0.29) is 5.91 Å². The van der Waals surface area contributed by atoms with Crippen LogP contribution in [0.2, 0.25) is 0 Å². The van der Waals surface area contributed by atoms with Gasteiger partial charge in [0.1, 0.15) is 5.82 Å². The molecule has 1 fully saturated rings. The van der Waals surface area contributed by atoms with E-state index in [1.165, 1.54) is 11.8 Å². The van der Waals surface area contributed by atoms with E-state index in [1.54, 1.807) is 11.7 Å². The minimum Gasteiger partial charge on any atom is -0.342 e. The maximum atomic E-state index is 12.3. The van der Waals surface area contributed by atoms with Crippen molar-refractivity contribution >= 4 is 17.7 Å². The highest BCUT2D eigenvalue weighted by Crippen LogP contribution is 2.21. The van der Waals surface area contributed by atoms with Crippen LogP contribution in [-0.4, -0.2) is 59.4 Å². The van der Waals surface area contributed by atoms with Crippen LogP contribution in [0.15, 0.2) is 17.6 Å². The second-order valence-corrected chi connectivity index (χ2v) is 6.77. The van der Waals surface area contributed by atoms with Gasteiger partial charge < -0.3 is 9.47 Å². The van der Waals surface area contributed by atoms with Crippen molar-refractivity contribution < 1.29 is 4.79 Å². The highest BCUT2D eigenvalue weighted by molar-refractivity contribution is 7.99. The summed E-state index contributed by atoms with van der Waals surface area (Å²) in [5, 5.41) is 11.9. The molecular formula is C14H21N7OS. The maximum Gasteiger partial charge on any atom is 0.233 e. The molecule has 0 spiro atoms. The van der Waals surface area contributed by atoms with Gasteiger partial charge in [0.25, 0.3) is 0 Å². The van der Waals surface area contributed by atoms with Crippen LogP contribution >= 0.6 is 11.8 Å². The van der Waals surface area contributed by atoms with Crippen LogP contribution in [0.5, 0.6) is 0 Å². The number of likely N-dealkylation sites (tertiary alicyclic amines) is 1. The highest BCUT2D eigenvalue weighted by atomic mass is 32.2. The van der Waals surface area contributed by atoms with Crippen molar-refractivity contribution in [3.8, 4) is 0 Å². The van der Waals surface area contributed by atoms with E-state index >= 15 is 0 Å². The number of thioether (sulfide) groups is 1. The number of rotatable bonds is 5. The molecule has 0 radical (unpaired) electrons. The number of imidazole rings is 1. The van der Waals surface area contributed by atoms with Gasteiger partial charge in [0, 0.05) is 39.1 Å². The number of hydrogen-bond acceptors (Lipinski definition) is 6. The van der Waals surface area contributed by atoms with Crippen LogP contribution in [0.3, 0.4) is 0 Å². The van der Waals surface area contributed by atoms with E-state index in [4.69, 9.17) is 0 Å². The summed E-state index contributed by atoms with van der Waals surface area (Å²) in [7, 11) is 1.77. The Kier molecular flexibility index (Phi) is 4.94. The summed E-state index contributed by atoms with van der Waals surface area (Å²) >= 11 is 1.39. The Morgan fingerprint density at radius 2 is 2.17 bits per heavy atom. The molecule has 1 saturated heterocycles. The third-order valence-corrected chi connectivity index (χ3v) is 5.25. The number of aromatic nitrogens is 6. The topological polar surface area (TPSA) is 81.7 Å². The van der Waals surface area contributed by atoms with E-state index in [0.717, 1.165) is 38.3 Å². The van der Waals surface area contributed by atoms with Crippen LogP contribution in [0.25, 0.3) is 0 Å². The van der Waals surface area contributed by atoms with Crippen molar-refractivity contribution in [1.29, 1.82) is 0 Å². The predicted octanol–water partition coefficient (Wildman–Crippen LogP) is 0.746. The number of aryl methyl sites for hydroxylation is 2. The van der Waals surface area contributed by atoms with Gasteiger partial charge in [0.15, 0.2) is 0 Å². The molecule has 124 valence electrons. The van der Waals surface area contributed by atoms with Gasteiger partial charge >= 0.3 is 0 Å². The second-order valence-electron chi connectivity index (χ2n) is 5.82. The molecule has 9 heteroatoms. The lowest BCUT2D eigenvalue weighted by Crippen LogP contribution is -2.40. The first-order valence-electron chi connectivity index (χ1n) is 7.74. The average molecular weight is 335 g/mol. The van der Waals surface area contributed by atoms with Gasteiger partial charge in [0.2, 0.25) is 11.1 Å². The van der Waals surface area contributed by atoms with Gasteiger partial charge in [-0.15, -0.1) is 5.10 Å². The first kappa shape index (κ1) is 16.0. The zero-order chi connectivity index (χ0) is 16.2. The lowest BCUT2D eigenvalue weighted by molar-refractivity contribution is -0.129. The number of amides is 1.